The van der Waals surface area contributed by atoms with Crippen LogP contribution in [-0.2, 0) is 0 Å². The molecule has 0 spiro atoms. The predicted molar refractivity (Wildman–Crippen MR) is 119 cm³/mol. The molecule has 142 valence electrons. The maximum absolute atomic E-state index is 5.83. The van der Waals surface area contributed by atoms with E-state index in [0.29, 0.717) is 0 Å². The zero-order valence-corrected chi connectivity index (χ0v) is 16.4. The van der Waals surface area contributed by atoms with Crippen LogP contribution in [0.15, 0.2) is 84.9 Å². The predicted octanol–water partition coefficient (Wildman–Crippen LogP) is 5.00. The molecule has 4 nitrogen and oxygen atoms in total. The van der Waals surface area contributed by atoms with Crippen molar-refractivity contribution in [2.24, 2.45) is 0 Å². The molecule has 0 amide bonds. The molecule has 0 aromatic heterocycles. The minimum Gasteiger partial charge on any atom is -0.457 e. The Bertz CT molecular complexity index is 892. The Morgan fingerprint density at radius 1 is 0.714 bits per heavy atom. The Hall–Kier alpha value is -3.05. The van der Waals surface area contributed by atoms with E-state index in [9.17, 15) is 0 Å². The maximum atomic E-state index is 5.83. The van der Waals surface area contributed by atoms with Crippen LogP contribution in [0.3, 0.4) is 0 Å². The quantitative estimate of drug-likeness (QED) is 0.634. The lowest BCUT2D eigenvalue weighted by atomic mass is 10.2. The van der Waals surface area contributed by atoms with Crippen LogP contribution >= 0.6 is 12.2 Å². The summed E-state index contributed by atoms with van der Waals surface area (Å²) in [7, 11) is 0. The number of thiocarbonyl (C=S) groups is 1. The van der Waals surface area contributed by atoms with E-state index < -0.39 is 0 Å². The highest BCUT2D eigenvalue weighted by Crippen LogP contribution is 2.23. The highest BCUT2D eigenvalue weighted by atomic mass is 32.1. The maximum Gasteiger partial charge on any atom is 0.173 e. The first-order valence-electron chi connectivity index (χ1n) is 9.47. The summed E-state index contributed by atoms with van der Waals surface area (Å²) in [5, 5.41) is 4.11. The van der Waals surface area contributed by atoms with Gasteiger partial charge >= 0.3 is 0 Å². The molecule has 3 aromatic rings. The average molecular weight is 390 g/mol. The van der Waals surface area contributed by atoms with Crippen LogP contribution in [0.4, 0.5) is 11.4 Å². The van der Waals surface area contributed by atoms with Crippen LogP contribution in [0.25, 0.3) is 0 Å². The van der Waals surface area contributed by atoms with Gasteiger partial charge in [-0.1, -0.05) is 36.4 Å². The number of hydrogen-bond acceptors (Lipinski definition) is 3. The number of hydrogen-bond donors (Lipinski definition) is 1. The van der Waals surface area contributed by atoms with Crippen LogP contribution in [0.1, 0.15) is 0 Å². The van der Waals surface area contributed by atoms with Gasteiger partial charge < -0.3 is 19.9 Å². The smallest absolute Gasteiger partial charge is 0.173 e. The lowest BCUT2D eigenvalue weighted by Crippen LogP contribution is -2.50. The van der Waals surface area contributed by atoms with Gasteiger partial charge in [0.2, 0.25) is 0 Å². The Balaban J connectivity index is 1.29. The Morgan fingerprint density at radius 3 is 1.93 bits per heavy atom. The van der Waals surface area contributed by atoms with E-state index >= 15 is 0 Å². The monoisotopic (exact) mass is 389 g/mol. The van der Waals surface area contributed by atoms with Gasteiger partial charge in [0, 0.05) is 37.6 Å². The largest absolute Gasteiger partial charge is 0.457 e. The molecule has 0 saturated carbocycles. The van der Waals surface area contributed by atoms with Crippen molar-refractivity contribution in [2.45, 2.75) is 0 Å². The summed E-state index contributed by atoms with van der Waals surface area (Å²) in [5.74, 6) is 1.63. The third-order valence-electron chi connectivity index (χ3n) is 4.77. The number of para-hydroxylation sites is 2. The summed E-state index contributed by atoms with van der Waals surface area (Å²) in [6.07, 6.45) is 0. The van der Waals surface area contributed by atoms with Gasteiger partial charge in [0.1, 0.15) is 11.5 Å². The molecule has 1 heterocycles. The number of piperazine rings is 1. The van der Waals surface area contributed by atoms with Gasteiger partial charge in [-0.2, -0.15) is 0 Å². The Kier molecular flexibility index (Phi) is 5.73. The summed E-state index contributed by atoms with van der Waals surface area (Å²) >= 11 is 5.61. The molecule has 5 heteroatoms. The second kappa shape index (κ2) is 8.76. The third kappa shape index (κ3) is 4.61. The molecular weight excluding hydrogens is 366 g/mol. The van der Waals surface area contributed by atoms with Crippen molar-refractivity contribution in [2.75, 3.05) is 36.4 Å². The van der Waals surface area contributed by atoms with Gasteiger partial charge in [0.05, 0.1) is 0 Å². The van der Waals surface area contributed by atoms with Gasteiger partial charge in [0.15, 0.2) is 5.11 Å². The van der Waals surface area contributed by atoms with Crippen molar-refractivity contribution >= 4 is 28.7 Å². The first-order chi connectivity index (χ1) is 13.8. The Labute approximate surface area is 171 Å². The van der Waals surface area contributed by atoms with Gasteiger partial charge in [-0.3, -0.25) is 0 Å². The molecule has 1 saturated heterocycles. The van der Waals surface area contributed by atoms with Crippen molar-refractivity contribution in [1.82, 2.24) is 4.90 Å². The number of ether oxygens (including phenoxy) is 1. The highest BCUT2D eigenvalue weighted by Gasteiger charge is 2.19. The summed E-state index contributed by atoms with van der Waals surface area (Å²) in [6.45, 7) is 3.76. The summed E-state index contributed by atoms with van der Waals surface area (Å²) in [4.78, 5) is 4.62. The van der Waals surface area contributed by atoms with Crippen molar-refractivity contribution < 1.29 is 4.74 Å². The normalized spacial score (nSPS) is 13.9. The van der Waals surface area contributed by atoms with E-state index in [-0.39, 0.29) is 0 Å². The van der Waals surface area contributed by atoms with E-state index in [1.54, 1.807) is 0 Å². The molecule has 3 aromatic carbocycles. The first kappa shape index (κ1) is 18.3. The molecule has 0 radical (unpaired) electrons. The zero-order chi connectivity index (χ0) is 19.2. The number of rotatable bonds is 4. The SMILES string of the molecule is S=C(Nc1ccc(Oc2ccccc2)cc1)N1CCN(c2ccccc2)CC1. The molecule has 0 bridgehead atoms. The van der Waals surface area contributed by atoms with Crippen molar-refractivity contribution in [3.8, 4) is 11.5 Å². The van der Waals surface area contributed by atoms with E-state index in [0.717, 1.165) is 48.5 Å². The summed E-state index contributed by atoms with van der Waals surface area (Å²) in [5.41, 5.74) is 2.24. The van der Waals surface area contributed by atoms with Crippen molar-refractivity contribution in [1.29, 1.82) is 0 Å². The second-order valence-electron chi connectivity index (χ2n) is 6.68. The fraction of sp³-hybridized carbons (Fsp3) is 0.174. The fourth-order valence-electron chi connectivity index (χ4n) is 3.24. The molecule has 1 aliphatic heterocycles. The minimum absolute atomic E-state index is 0.768. The van der Waals surface area contributed by atoms with E-state index in [2.05, 4.69) is 45.4 Å². The average Bonchev–Trinajstić information content (AvgIpc) is 2.76. The second-order valence-corrected chi connectivity index (χ2v) is 7.07. The van der Waals surface area contributed by atoms with Gasteiger partial charge in [-0.15, -0.1) is 0 Å². The number of nitrogens with one attached hydrogen (secondary N) is 1. The van der Waals surface area contributed by atoms with Gasteiger partial charge in [-0.25, -0.2) is 0 Å². The van der Waals surface area contributed by atoms with E-state index in [1.165, 1.54) is 5.69 Å². The fourth-order valence-corrected chi connectivity index (χ4v) is 3.54. The third-order valence-corrected chi connectivity index (χ3v) is 5.13. The molecule has 0 aliphatic carbocycles. The van der Waals surface area contributed by atoms with Crippen LogP contribution < -0.4 is 15.0 Å². The number of benzene rings is 3. The molecular formula is C23H23N3OS. The molecule has 0 atom stereocenters. The summed E-state index contributed by atoms with van der Waals surface area (Å²) in [6, 6.07) is 28.2. The van der Waals surface area contributed by atoms with Crippen LogP contribution in [0.2, 0.25) is 0 Å². The van der Waals surface area contributed by atoms with Gasteiger partial charge in [-0.05, 0) is 60.7 Å². The number of anilines is 2. The molecule has 0 unspecified atom stereocenters. The van der Waals surface area contributed by atoms with Crippen LogP contribution in [0.5, 0.6) is 11.5 Å². The van der Waals surface area contributed by atoms with E-state index in [4.69, 9.17) is 17.0 Å². The zero-order valence-electron chi connectivity index (χ0n) is 15.6. The van der Waals surface area contributed by atoms with E-state index in [1.807, 2.05) is 54.6 Å². The standard InChI is InChI=1S/C23H23N3OS/c28-23(26-17-15-25(16-18-26)20-7-3-1-4-8-20)24-19-11-13-22(14-12-19)27-21-9-5-2-6-10-21/h1-14H,15-18H2,(H,24,28). The first-order valence-corrected chi connectivity index (χ1v) is 9.88. The molecule has 4 rings (SSSR count). The molecule has 1 N–H and O–H groups in total. The van der Waals surface area contributed by atoms with Crippen LogP contribution in [0, 0.1) is 0 Å². The molecule has 1 aliphatic rings. The Morgan fingerprint density at radius 2 is 1.29 bits per heavy atom. The summed E-state index contributed by atoms with van der Waals surface area (Å²) < 4.78 is 5.83. The van der Waals surface area contributed by atoms with Crippen molar-refractivity contribution in [3.63, 3.8) is 0 Å². The topological polar surface area (TPSA) is 27.7 Å². The molecule has 28 heavy (non-hydrogen) atoms. The van der Waals surface area contributed by atoms with Crippen LogP contribution in [-0.4, -0.2) is 36.2 Å². The lowest BCUT2D eigenvalue weighted by molar-refractivity contribution is 0.391. The molecule has 1 fully saturated rings. The highest BCUT2D eigenvalue weighted by molar-refractivity contribution is 7.80. The van der Waals surface area contributed by atoms with Gasteiger partial charge in [0.25, 0.3) is 0 Å². The van der Waals surface area contributed by atoms with Crippen molar-refractivity contribution in [3.05, 3.63) is 84.9 Å². The number of nitrogens with zero attached hydrogens (tertiary/aromatic N) is 2. The lowest BCUT2D eigenvalue weighted by Gasteiger charge is -2.37. The minimum atomic E-state index is 0.768.